The largest absolute Gasteiger partial charge is 0.492 e. The highest BCUT2D eigenvalue weighted by Gasteiger charge is 2.24. The number of aliphatic carboxylic acids is 1. The van der Waals surface area contributed by atoms with Gasteiger partial charge in [0, 0.05) is 17.5 Å². The number of likely N-dealkylation sites (N-methyl/N-ethyl adjacent to an activating group) is 1. The van der Waals surface area contributed by atoms with Crippen molar-refractivity contribution in [3.63, 3.8) is 0 Å². The normalized spacial score (nSPS) is 10.5. The molecule has 31 heavy (non-hydrogen) atoms. The number of aryl methyl sites for hydroxylation is 2. The highest BCUT2D eigenvalue weighted by molar-refractivity contribution is 6.17. The molecule has 0 aliphatic heterocycles. The molecule has 1 heterocycles. The van der Waals surface area contributed by atoms with Crippen LogP contribution in [-0.4, -0.2) is 36.6 Å². The minimum Gasteiger partial charge on any atom is -0.492 e. The molecule has 2 aromatic carbocycles. The third-order valence-electron chi connectivity index (χ3n) is 4.70. The van der Waals surface area contributed by atoms with Crippen molar-refractivity contribution in [3.8, 4) is 5.75 Å². The molecular weight excluding hydrogens is 394 g/mol. The summed E-state index contributed by atoms with van der Waals surface area (Å²) >= 11 is 0. The van der Waals surface area contributed by atoms with E-state index in [1.54, 1.807) is 36.4 Å². The van der Waals surface area contributed by atoms with Gasteiger partial charge in [0.2, 0.25) is 0 Å². The molecule has 0 aliphatic carbocycles. The number of carbonyl (C=O) groups excluding carboxylic acids is 1. The lowest BCUT2D eigenvalue weighted by molar-refractivity contribution is -0.136. The Hall–Kier alpha value is -3.12. The number of ketones is 1. The van der Waals surface area contributed by atoms with Crippen molar-refractivity contribution in [2.45, 2.75) is 41.0 Å². The summed E-state index contributed by atoms with van der Waals surface area (Å²) in [6.07, 6.45) is -0.348. The minimum absolute atomic E-state index is 0.171. The van der Waals surface area contributed by atoms with Crippen molar-refractivity contribution in [2.24, 2.45) is 0 Å². The molecule has 0 spiro atoms. The van der Waals surface area contributed by atoms with Crippen LogP contribution in [0.4, 0.5) is 0 Å². The van der Waals surface area contributed by atoms with Crippen LogP contribution in [0.25, 0.3) is 11.0 Å². The second-order valence-electron chi connectivity index (χ2n) is 6.94. The Labute approximate surface area is 183 Å². The maximum atomic E-state index is 13.3. The number of hydrogen-bond acceptors (Lipinski definition) is 5. The fraction of sp³-hybridized carbons (Fsp3) is 0.360. The maximum absolute atomic E-state index is 13.3. The van der Waals surface area contributed by atoms with Crippen LogP contribution in [0.5, 0.6) is 5.75 Å². The fourth-order valence-electron chi connectivity index (χ4n) is 3.46. The number of carbonyl (C=O) groups is 2. The molecule has 0 amide bonds. The Balaban J connectivity index is 0.00000166. The molecule has 166 valence electrons. The Morgan fingerprint density at radius 2 is 1.74 bits per heavy atom. The van der Waals surface area contributed by atoms with Gasteiger partial charge in [-0.2, -0.15) is 0 Å². The molecule has 6 heteroatoms. The summed E-state index contributed by atoms with van der Waals surface area (Å²) in [6.45, 7) is 12.0. The Bertz CT molecular complexity index is 1030. The van der Waals surface area contributed by atoms with E-state index in [0.717, 1.165) is 30.0 Å². The molecule has 0 atom stereocenters. The van der Waals surface area contributed by atoms with Gasteiger partial charge in [0.25, 0.3) is 0 Å². The summed E-state index contributed by atoms with van der Waals surface area (Å²) in [5, 5.41) is 13.0. The number of ether oxygens (including phenoxy) is 1. The minimum atomic E-state index is -1.05. The summed E-state index contributed by atoms with van der Waals surface area (Å²) < 4.78 is 11.6. The zero-order valence-electron chi connectivity index (χ0n) is 18.9. The molecule has 3 rings (SSSR count). The van der Waals surface area contributed by atoms with E-state index in [0.29, 0.717) is 28.7 Å². The number of carboxylic acid groups (broad SMARTS) is 1. The molecule has 2 N–H and O–H groups in total. The summed E-state index contributed by atoms with van der Waals surface area (Å²) in [5.41, 5.74) is 3.01. The zero-order valence-corrected chi connectivity index (χ0v) is 18.9. The Morgan fingerprint density at radius 3 is 2.35 bits per heavy atom. The van der Waals surface area contributed by atoms with Crippen molar-refractivity contribution < 1.29 is 23.8 Å². The molecule has 6 nitrogen and oxygen atoms in total. The van der Waals surface area contributed by atoms with Gasteiger partial charge in [-0.05, 0) is 49.7 Å². The molecule has 0 aliphatic rings. The molecular formula is C25H31NO5. The number of para-hydroxylation sites is 1. The zero-order chi connectivity index (χ0) is 23.0. The van der Waals surface area contributed by atoms with Gasteiger partial charge in [-0.25, -0.2) is 0 Å². The van der Waals surface area contributed by atoms with Crippen molar-refractivity contribution >= 4 is 22.7 Å². The molecule has 0 bridgehead atoms. The van der Waals surface area contributed by atoms with E-state index in [2.05, 4.69) is 5.32 Å². The average Bonchev–Trinajstić information content (AvgIpc) is 3.10. The van der Waals surface area contributed by atoms with Gasteiger partial charge < -0.3 is 19.6 Å². The van der Waals surface area contributed by atoms with Crippen LogP contribution in [0.15, 0.2) is 40.8 Å². The SMILES string of the molecule is CC.CCNCCOc1c(C)cc(C(=O)c2c(CC(=O)O)oc3ccccc23)cc1C. The van der Waals surface area contributed by atoms with E-state index in [1.165, 1.54) is 0 Å². The van der Waals surface area contributed by atoms with E-state index < -0.39 is 5.97 Å². The number of nitrogens with one attached hydrogen (secondary N) is 1. The summed E-state index contributed by atoms with van der Waals surface area (Å²) in [6, 6.07) is 10.7. The van der Waals surface area contributed by atoms with Crippen LogP contribution in [0, 0.1) is 13.8 Å². The fourth-order valence-corrected chi connectivity index (χ4v) is 3.46. The first-order valence-electron chi connectivity index (χ1n) is 10.6. The number of carboxylic acids is 1. The second-order valence-corrected chi connectivity index (χ2v) is 6.94. The first-order valence-corrected chi connectivity index (χ1v) is 10.6. The van der Waals surface area contributed by atoms with Gasteiger partial charge in [-0.15, -0.1) is 0 Å². The number of hydrogen-bond donors (Lipinski definition) is 2. The molecule has 3 aromatic rings. The van der Waals surface area contributed by atoms with Gasteiger partial charge in [0.15, 0.2) is 5.78 Å². The molecule has 0 saturated carbocycles. The van der Waals surface area contributed by atoms with Crippen molar-refractivity contribution in [3.05, 3.63) is 64.4 Å². The van der Waals surface area contributed by atoms with Crippen LogP contribution in [-0.2, 0) is 11.2 Å². The summed E-state index contributed by atoms with van der Waals surface area (Å²) in [7, 11) is 0. The van der Waals surface area contributed by atoms with E-state index >= 15 is 0 Å². The van der Waals surface area contributed by atoms with Gasteiger partial charge in [0.05, 0.1) is 5.56 Å². The van der Waals surface area contributed by atoms with Crippen LogP contribution in [0.2, 0.25) is 0 Å². The quantitative estimate of drug-likeness (QED) is 0.374. The first kappa shape index (κ1) is 24.2. The van der Waals surface area contributed by atoms with Crippen LogP contribution in [0.3, 0.4) is 0 Å². The maximum Gasteiger partial charge on any atom is 0.311 e. The standard InChI is InChI=1S/C23H25NO5.C2H6/c1-4-24-9-10-28-23-14(2)11-16(12-15(23)3)22(27)21-17-7-5-6-8-18(17)29-19(21)13-20(25)26;1-2/h5-8,11-12,24H,4,9-10,13H2,1-3H3,(H,25,26);1-2H3. The second kappa shape index (κ2) is 11.3. The molecule has 0 unspecified atom stereocenters. The predicted molar refractivity (Wildman–Crippen MR) is 122 cm³/mol. The lowest BCUT2D eigenvalue weighted by Gasteiger charge is -2.14. The van der Waals surface area contributed by atoms with Gasteiger partial charge in [-0.3, -0.25) is 9.59 Å². The third-order valence-corrected chi connectivity index (χ3v) is 4.70. The third kappa shape index (κ3) is 5.73. The van der Waals surface area contributed by atoms with Gasteiger partial charge >= 0.3 is 5.97 Å². The average molecular weight is 426 g/mol. The molecule has 0 radical (unpaired) electrons. The number of fused-ring (bicyclic) bond motifs is 1. The first-order chi connectivity index (χ1) is 14.9. The topological polar surface area (TPSA) is 88.8 Å². The van der Waals surface area contributed by atoms with E-state index in [1.807, 2.05) is 34.6 Å². The van der Waals surface area contributed by atoms with E-state index in [-0.39, 0.29) is 18.0 Å². The highest BCUT2D eigenvalue weighted by atomic mass is 16.5. The smallest absolute Gasteiger partial charge is 0.311 e. The molecule has 0 fully saturated rings. The summed E-state index contributed by atoms with van der Waals surface area (Å²) in [4.78, 5) is 24.6. The predicted octanol–water partition coefficient (Wildman–Crippen LogP) is 4.92. The van der Waals surface area contributed by atoms with Gasteiger partial charge in [-0.1, -0.05) is 39.0 Å². The summed E-state index contributed by atoms with van der Waals surface area (Å²) in [5.74, 6) is -0.362. The van der Waals surface area contributed by atoms with Crippen molar-refractivity contribution in [1.82, 2.24) is 5.32 Å². The Morgan fingerprint density at radius 1 is 1.10 bits per heavy atom. The number of rotatable bonds is 9. The number of benzene rings is 2. The molecule has 0 saturated heterocycles. The lowest BCUT2D eigenvalue weighted by atomic mass is 9.96. The van der Waals surface area contributed by atoms with E-state index in [9.17, 15) is 14.7 Å². The van der Waals surface area contributed by atoms with Crippen LogP contribution in [0.1, 0.15) is 53.6 Å². The lowest BCUT2D eigenvalue weighted by Crippen LogP contribution is -2.20. The van der Waals surface area contributed by atoms with E-state index in [4.69, 9.17) is 9.15 Å². The van der Waals surface area contributed by atoms with Crippen molar-refractivity contribution in [2.75, 3.05) is 19.7 Å². The Kier molecular flexibility index (Phi) is 8.82. The van der Waals surface area contributed by atoms with Crippen LogP contribution < -0.4 is 10.1 Å². The van der Waals surface area contributed by atoms with Gasteiger partial charge in [0.1, 0.15) is 30.1 Å². The molecule has 1 aromatic heterocycles. The highest BCUT2D eigenvalue weighted by Crippen LogP contribution is 2.31. The van der Waals surface area contributed by atoms with Crippen LogP contribution >= 0.6 is 0 Å². The monoisotopic (exact) mass is 425 g/mol. The number of furan rings is 1. The van der Waals surface area contributed by atoms with Crippen molar-refractivity contribution in [1.29, 1.82) is 0 Å².